The summed E-state index contributed by atoms with van der Waals surface area (Å²) in [4.78, 5) is 42.0. The molecule has 5 rings (SSSR count). The molecule has 2 N–H and O–H groups in total. The third-order valence-electron chi connectivity index (χ3n) is 9.19. The lowest BCUT2D eigenvalue weighted by Crippen LogP contribution is -2.57. The average Bonchev–Trinajstić information content (AvgIpc) is 3.04. The van der Waals surface area contributed by atoms with Gasteiger partial charge in [0.25, 0.3) is 0 Å². The lowest BCUT2D eigenvalue weighted by molar-refractivity contribution is -0.120. The minimum absolute atomic E-state index is 0.0793. The molecule has 1 saturated heterocycles. The van der Waals surface area contributed by atoms with Gasteiger partial charge in [-0.1, -0.05) is 36.7 Å². The number of nitrogens with zero attached hydrogens (tertiary/aromatic N) is 5. The van der Waals surface area contributed by atoms with E-state index in [1.54, 1.807) is 19.3 Å². The number of carbonyl (C=O) groups is 2. The molecule has 11 nitrogen and oxygen atoms in total. The summed E-state index contributed by atoms with van der Waals surface area (Å²) in [6.45, 7) is 11.1. The van der Waals surface area contributed by atoms with Crippen LogP contribution in [0.15, 0.2) is 24.9 Å². The zero-order valence-electron chi connectivity index (χ0n) is 25.7. The normalized spacial score (nSPS) is 24.4. The number of halogens is 2. The van der Waals surface area contributed by atoms with E-state index in [0.29, 0.717) is 41.3 Å². The second-order valence-corrected chi connectivity index (χ2v) is 12.3. The Labute approximate surface area is 268 Å². The summed E-state index contributed by atoms with van der Waals surface area (Å²) < 4.78 is 10.8. The molecule has 0 spiro atoms. The first kappa shape index (κ1) is 32.3. The van der Waals surface area contributed by atoms with Gasteiger partial charge < -0.3 is 25.0 Å². The number of benzene rings is 1. The maximum Gasteiger partial charge on any atom is 0.243 e. The Balaban J connectivity index is 1.35. The molecular formula is C31H41Cl2N7O4. The minimum Gasteiger partial charge on any atom is -0.495 e. The Morgan fingerprint density at radius 1 is 1.11 bits per heavy atom. The average molecular weight is 647 g/mol. The Morgan fingerprint density at radius 2 is 1.80 bits per heavy atom. The lowest BCUT2D eigenvalue weighted by atomic mass is 9.85. The molecule has 44 heavy (non-hydrogen) atoms. The molecule has 2 aromatic rings. The van der Waals surface area contributed by atoms with Gasteiger partial charge in [0, 0.05) is 68.7 Å². The molecule has 2 amide bonds. The van der Waals surface area contributed by atoms with Gasteiger partial charge in [0.1, 0.15) is 17.3 Å². The van der Waals surface area contributed by atoms with Crippen LogP contribution in [0.2, 0.25) is 10.0 Å². The largest absolute Gasteiger partial charge is 0.495 e. The van der Waals surface area contributed by atoms with Gasteiger partial charge in [-0.25, -0.2) is 4.98 Å². The summed E-state index contributed by atoms with van der Waals surface area (Å²) in [7, 11) is 4.68. The third kappa shape index (κ3) is 6.47. The van der Waals surface area contributed by atoms with Crippen molar-refractivity contribution in [1.29, 1.82) is 0 Å². The quantitative estimate of drug-likeness (QED) is 0.394. The van der Waals surface area contributed by atoms with Crippen molar-refractivity contribution >= 4 is 46.8 Å². The highest BCUT2D eigenvalue weighted by Gasteiger charge is 2.39. The summed E-state index contributed by atoms with van der Waals surface area (Å²) >= 11 is 13.3. The fourth-order valence-corrected chi connectivity index (χ4v) is 7.41. The molecule has 1 saturated carbocycles. The number of likely N-dealkylation sites (N-methyl/N-ethyl adjacent to an activating group) is 2. The van der Waals surface area contributed by atoms with Crippen LogP contribution in [0.1, 0.15) is 43.2 Å². The number of anilines is 2. The molecule has 3 aliphatic rings. The van der Waals surface area contributed by atoms with E-state index in [1.807, 2.05) is 0 Å². The molecule has 1 aromatic carbocycles. The van der Waals surface area contributed by atoms with Crippen molar-refractivity contribution in [3.63, 3.8) is 0 Å². The monoisotopic (exact) mass is 645 g/mol. The Morgan fingerprint density at radius 3 is 2.41 bits per heavy atom. The highest BCUT2D eigenvalue weighted by molar-refractivity contribution is 6.38. The summed E-state index contributed by atoms with van der Waals surface area (Å²) in [6, 6.07) is 1.79. The van der Waals surface area contributed by atoms with E-state index in [9.17, 15) is 9.59 Å². The number of nitrogens with one attached hydrogen (secondary N) is 2. The first-order chi connectivity index (χ1) is 21.2. The number of fused-ring (bicyclic) bond motifs is 1. The van der Waals surface area contributed by atoms with Gasteiger partial charge in [-0.05, 0) is 38.3 Å². The number of aromatic nitrogens is 2. The van der Waals surface area contributed by atoms with Gasteiger partial charge >= 0.3 is 0 Å². The molecule has 3 heterocycles. The predicted molar refractivity (Wildman–Crippen MR) is 172 cm³/mol. The molecule has 4 unspecified atom stereocenters. The van der Waals surface area contributed by atoms with Gasteiger partial charge in [0.2, 0.25) is 17.8 Å². The van der Waals surface area contributed by atoms with Crippen LogP contribution >= 0.6 is 23.2 Å². The molecule has 1 aromatic heterocycles. The van der Waals surface area contributed by atoms with Crippen molar-refractivity contribution < 1.29 is 19.1 Å². The Kier molecular flexibility index (Phi) is 10.2. The van der Waals surface area contributed by atoms with Crippen molar-refractivity contribution in [2.75, 3.05) is 64.2 Å². The predicted octanol–water partition coefficient (Wildman–Crippen LogP) is 3.74. The number of piperazine rings is 1. The fraction of sp³-hybridized carbons (Fsp3) is 0.548. The maximum absolute atomic E-state index is 13.7. The number of rotatable bonds is 9. The summed E-state index contributed by atoms with van der Waals surface area (Å²) in [5.41, 5.74) is 1.23. The van der Waals surface area contributed by atoms with E-state index in [1.165, 1.54) is 25.2 Å². The van der Waals surface area contributed by atoms with E-state index in [4.69, 9.17) is 37.7 Å². The fourth-order valence-electron chi connectivity index (χ4n) is 6.65. The van der Waals surface area contributed by atoms with E-state index in [0.717, 1.165) is 57.5 Å². The van der Waals surface area contributed by atoms with Crippen LogP contribution in [-0.2, 0) is 16.0 Å². The highest BCUT2D eigenvalue weighted by Crippen LogP contribution is 2.47. The smallest absolute Gasteiger partial charge is 0.243 e. The maximum atomic E-state index is 13.7. The van der Waals surface area contributed by atoms with E-state index < -0.39 is 5.92 Å². The zero-order chi connectivity index (χ0) is 31.5. The summed E-state index contributed by atoms with van der Waals surface area (Å²) in [5, 5.41) is 7.14. The van der Waals surface area contributed by atoms with Gasteiger partial charge in [-0.15, -0.1) is 0 Å². The number of hydrogen-bond donors (Lipinski definition) is 2. The van der Waals surface area contributed by atoms with Crippen molar-refractivity contribution in [2.45, 2.75) is 56.7 Å². The number of hydrogen-bond acceptors (Lipinski definition) is 9. The number of methoxy groups -OCH3 is 2. The van der Waals surface area contributed by atoms with Crippen LogP contribution in [-0.4, -0.2) is 104 Å². The van der Waals surface area contributed by atoms with Crippen LogP contribution in [0.5, 0.6) is 11.5 Å². The second-order valence-electron chi connectivity index (χ2n) is 11.5. The molecule has 0 bridgehead atoms. The van der Waals surface area contributed by atoms with E-state index in [-0.39, 0.29) is 33.9 Å². The van der Waals surface area contributed by atoms with Crippen molar-refractivity contribution in [3.8, 4) is 11.5 Å². The molecular weight excluding hydrogens is 605 g/mol. The van der Waals surface area contributed by atoms with E-state index in [2.05, 4.69) is 38.9 Å². The van der Waals surface area contributed by atoms with Crippen molar-refractivity contribution in [2.24, 2.45) is 0 Å². The van der Waals surface area contributed by atoms with Gasteiger partial charge in [0.05, 0.1) is 36.2 Å². The number of carbonyl (C=O) groups excluding carboxylic acids is 2. The first-order valence-electron chi connectivity index (χ1n) is 15.1. The molecule has 1 aliphatic carbocycles. The minimum atomic E-state index is -0.674. The van der Waals surface area contributed by atoms with Crippen LogP contribution in [0.25, 0.3) is 0 Å². The topological polar surface area (TPSA) is 112 Å². The number of amides is 2. The standard InChI is InChI=1S/C31H41Cl2N7O4/c1-6-25(41)35-22-15-19(40-12-10-39(7-2)11-13-40)8-9-21(22)36-31-34-17-18-14-20(30(42)38(3)29(18)37-31)26-27(32)23(43-4)16-24(44-5)28(26)33/h6,16-17,19-22H,1,7-15H2,2-5H3,(H,35,41)(H,34,36,37). The van der Waals surface area contributed by atoms with Crippen LogP contribution in [0.4, 0.5) is 11.8 Å². The molecule has 4 atom stereocenters. The molecule has 13 heteroatoms. The van der Waals surface area contributed by atoms with Crippen molar-refractivity contribution in [1.82, 2.24) is 25.1 Å². The zero-order valence-corrected chi connectivity index (χ0v) is 27.2. The van der Waals surface area contributed by atoms with Crippen LogP contribution in [0, 0.1) is 0 Å². The summed E-state index contributed by atoms with van der Waals surface area (Å²) in [5.74, 6) is 0.575. The van der Waals surface area contributed by atoms with E-state index >= 15 is 0 Å². The van der Waals surface area contributed by atoms with Crippen LogP contribution in [0.3, 0.4) is 0 Å². The highest BCUT2D eigenvalue weighted by atomic mass is 35.5. The molecule has 2 fully saturated rings. The van der Waals surface area contributed by atoms with Gasteiger partial charge in [-0.3, -0.25) is 19.4 Å². The third-order valence-corrected chi connectivity index (χ3v) is 9.97. The number of ether oxygens (including phenoxy) is 2. The molecule has 2 aliphatic heterocycles. The Hall–Kier alpha value is -3.12. The van der Waals surface area contributed by atoms with Crippen LogP contribution < -0.4 is 25.0 Å². The van der Waals surface area contributed by atoms with Gasteiger partial charge in [0.15, 0.2) is 0 Å². The molecule has 0 radical (unpaired) electrons. The second kappa shape index (κ2) is 13.9. The molecule has 238 valence electrons. The SMILES string of the molecule is C=CC(=O)NC1CC(N2CCN(CC)CC2)CCC1Nc1ncc2c(n1)N(C)C(=O)C(c1c(Cl)c(OC)cc(OC)c1Cl)C2. The van der Waals surface area contributed by atoms with Crippen molar-refractivity contribution in [3.05, 3.63) is 46.1 Å². The summed E-state index contributed by atoms with van der Waals surface area (Å²) in [6.07, 6.45) is 6.01. The Bertz CT molecular complexity index is 1370. The lowest BCUT2D eigenvalue weighted by Gasteiger charge is -2.44. The van der Waals surface area contributed by atoms with Gasteiger partial charge in [-0.2, -0.15) is 4.98 Å². The first-order valence-corrected chi connectivity index (χ1v) is 15.8.